The number of nitriles is 7. The maximum Gasteiger partial charge on any atom is 0.270 e. The average molecular weight is 1370 g/mol. The van der Waals surface area contributed by atoms with Crippen LogP contribution in [0.25, 0.3) is 51.6 Å². The second-order valence-electron chi connectivity index (χ2n) is 32.1. The Kier molecular flexibility index (Phi) is 27.2. The van der Waals surface area contributed by atoms with Crippen molar-refractivity contribution in [3.05, 3.63) is 235 Å². The van der Waals surface area contributed by atoms with Crippen molar-refractivity contribution in [3.8, 4) is 42.5 Å². The Morgan fingerprint density at radius 3 is 0.962 bits per heavy atom. The molecule has 0 N–H and O–H groups in total. The van der Waals surface area contributed by atoms with Gasteiger partial charge in [0.05, 0.1) is 88.5 Å². The molecule has 6 fully saturated rings. The summed E-state index contributed by atoms with van der Waals surface area (Å²) in [7, 11) is 0. The van der Waals surface area contributed by atoms with Crippen molar-refractivity contribution in [3.63, 3.8) is 0 Å². The molecule has 0 spiro atoms. The summed E-state index contributed by atoms with van der Waals surface area (Å²) in [6.07, 6.45) is 14.6. The van der Waals surface area contributed by atoms with Gasteiger partial charge in [0.25, 0.3) is 39.9 Å². The number of nitrogens with zero attached hydrogens (tertiary/aromatic N) is 14. The Bertz CT molecular complexity index is 4310. The van der Waals surface area contributed by atoms with Crippen LogP contribution in [0.3, 0.4) is 0 Å². The third kappa shape index (κ3) is 16.4. The molecule has 0 aliphatic heterocycles. The molecule has 0 aromatic heterocycles. The summed E-state index contributed by atoms with van der Waals surface area (Å²) in [6.45, 7) is 86.9. The molecule has 0 amide bonds. The minimum atomic E-state index is -0.0219. The first kappa shape index (κ1) is 80.3. The fourth-order valence-electron chi connectivity index (χ4n) is 18.4. The SMILES string of the molecule is [C-]#[N+]/C(C#N)=C1\CC(C(C)C)/C(=C(/C#N)[N+]#[C-])C=C1C(C)C.[C-]#[N+]C(C#N)=C1/C(=C(\C#N)[N+]#[C-])C2CC(C(C)C)CC2C2CC(C(C)C)CC12.[C-]#[N+]C(C#N)=C1C2CC(C(C)C)CC2C(=C(C#N)[N+]#[C-])C2CC(C(C)C)CC12.[C-]#[N+]C(C#N)=C1c2cc(C(C)C)ccc2C=Cc2ccc(C(C)C)cc21. The number of allylic oxidation sites excluding steroid dienone is 15. The number of rotatable bonds is 8. The predicted octanol–water partition coefficient (Wildman–Crippen LogP) is 23.2. The molecule has 8 aliphatic rings. The van der Waals surface area contributed by atoms with Crippen molar-refractivity contribution < 1.29 is 0 Å². The number of fused-ring (bicyclic) bond motifs is 7. The maximum atomic E-state index is 9.70. The highest BCUT2D eigenvalue weighted by Gasteiger charge is 2.56. The number of hydrogen-bond donors (Lipinski definition) is 0. The highest BCUT2D eigenvalue weighted by Crippen LogP contribution is 2.65. The van der Waals surface area contributed by atoms with Crippen LogP contribution in [0, 0.1) is 238 Å². The van der Waals surface area contributed by atoms with Crippen molar-refractivity contribution in [1.29, 1.82) is 36.8 Å². The van der Waals surface area contributed by atoms with Crippen LogP contribution in [0.5, 0.6) is 0 Å². The molecule has 2 aromatic carbocycles. The van der Waals surface area contributed by atoms with Gasteiger partial charge in [-0.2, -0.15) is 0 Å². The van der Waals surface area contributed by atoms with Gasteiger partial charge in [-0.25, -0.2) is 70.7 Å². The summed E-state index contributed by atoms with van der Waals surface area (Å²) in [6, 6.07) is 27.4. The van der Waals surface area contributed by atoms with Gasteiger partial charge in [-0.1, -0.05) is 171 Å². The molecule has 104 heavy (non-hydrogen) atoms. The zero-order valence-corrected chi connectivity index (χ0v) is 63.4. The van der Waals surface area contributed by atoms with Crippen LogP contribution in [0.15, 0.2) is 121 Å². The van der Waals surface area contributed by atoms with E-state index in [9.17, 15) is 36.8 Å². The molecule has 11 unspecified atom stereocenters. The van der Waals surface area contributed by atoms with E-state index >= 15 is 0 Å². The molecule has 8 aliphatic carbocycles. The van der Waals surface area contributed by atoms with E-state index in [1.165, 1.54) is 11.1 Å². The van der Waals surface area contributed by atoms with E-state index in [1.807, 2.05) is 45.9 Å². The van der Waals surface area contributed by atoms with Crippen molar-refractivity contribution in [2.24, 2.45) is 112 Å². The molecule has 0 heterocycles. The van der Waals surface area contributed by atoms with Crippen molar-refractivity contribution in [2.45, 2.75) is 180 Å². The molecule has 10 rings (SSSR count). The fourth-order valence-corrected chi connectivity index (χ4v) is 18.4. The van der Waals surface area contributed by atoms with E-state index < -0.39 is 0 Å². The zero-order valence-electron chi connectivity index (χ0n) is 63.4. The minimum absolute atomic E-state index is 0.0219. The Morgan fingerprint density at radius 2 is 0.683 bits per heavy atom. The van der Waals surface area contributed by atoms with E-state index in [4.69, 9.17) is 46.0 Å². The van der Waals surface area contributed by atoms with Crippen molar-refractivity contribution in [2.75, 3.05) is 0 Å². The van der Waals surface area contributed by atoms with Gasteiger partial charge >= 0.3 is 0 Å². The molecule has 526 valence electrons. The van der Waals surface area contributed by atoms with E-state index in [2.05, 4.69) is 196 Å². The number of hydrogen-bond acceptors (Lipinski definition) is 7. The van der Waals surface area contributed by atoms with Crippen LogP contribution in [-0.4, -0.2) is 0 Å². The summed E-state index contributed by atoms with van der Waals surface area (Å²) in [4.78, 5) is 24.6. The molecular weight excluding hydrogens is 1280 g/mol. The molecule has 11 atom stereocenters. The van der Waals surface area contributed by atoms with Crippen LogP contribution >= 0.6 is 0 Å². The van der Waals surface area contributed by atoms with Crippen LogP contribution < -0.4 is 0 Å². The summed E-state index contributed by atoms with van der Waals surface area (Å²) < 4.78 is 0. The van der Waals surface area contributed by atoms with E-state index in [-0.39, 0.29) is 93.1 Å². The molecule has 0 saturated heterocycles. The van der Waals surface area contributed by atoms with Crippen LogP contribution in [0.1, 0.15) is 214 Å². The summed E-state index contributed by atoms with van der Waals surface area (Å²) >= 11 is 0. The monoisotopic (exact) mass is 1370 g/mol. The lowest BCUT2D eigenvalue weighted by molar-refractivity contribution is 0.213. The number of benzene rings is 2. The third-order valence-corrected chi connectivity index (χ3v) is 24.2. The molecule has 14 heteroatoms. The summed E-state index contributed by atoms with van der Waals surface area (Å²) in [5.41, 5.74) is 14.4. The molecule has 2 aromatic rings. The lowest BCUT2D eigenvalue weighted by atomic mass is 9.63. The van der Waals surface area contributed by atoms with Gasteiger partial charge in [-0.15, -0.1) is 0 Å². The van der Waals surface area contributed by atoms with Gasteiger partial charge in [0, 0.05) is 5.57 Å². The summed E-state index contributed by atoms with van der Waals surface area (Å²) in [5.74, 6) is 7.21. The highest BCUT2D eigenvalue weighted by molar-refractivity contribution is 5.97. The highest BCUT2D eigenvalue weighted by atomic mass is 14.8. The van der Waals surface area contributed by atoms with Gasteiger partial charge in [-0.3, -0.25) is 0 Å². The fraction of sp³-hybridized carbons (Fsp3) is 0.511. The van der Waals surface area contributed by atoms with Crippen LogP contribution in [0.2, 0.25) is 0 Å². The average Bonchev–Trinajstić information content (AvgIpc) is 1.57. The standard InChI is InChI=1S/2C24H28N4.C24H22N2.C18H18N4/c1-13(2)15-7-17-18-8-16(14(3)4)10-20(18)24(22(12-26)28-6)23(19(17)9-15)21(11-25)27-5;1-13(2)15-7-17-18(8-15)24(22(12-26)28-6)20-10-16(14(3)4)9-19(20)23(17)21(11-25)27-5;1-15(2)19-10-8-17-6-7-18-9-11-20(16(3)4)13-22(18)24(21(17)12-19)23(14-25)26-5;1-11(2)13-7-16(18(10-20)22-6)14(12(3)4)8-15(13)17(9-19)21-5/h2*13-20H,7-10H2,1-4H3;6-13,15-16H,1-4H3;7,11-12,14H,8H2,1-4H3/b23-21+,24-22?;;;17-15+,18-16-. The van der Waals surface area contributed by atoms with E-state index in [0.29, 0.717) is 77.4 Å². The van der Waals surface area contributed by atoms with Gasteiger partial charge < -0.3 is 0 Å². The van der Waals surface area contributed by atoms with E-state index in [1.54, 1.807) is 0 Å². The first-order chi connectivity index (χ1) is 49.6. The van der Waals surface area contributed by atoms with Crippen molar-refractivity contribution >= 4 is 17.7 Å². The lowest BCUT2D eigenvalue weighted by Crippen LogP contribution is -2.33. The van der Waals surface area contributed by atoms with Crippen LogP contribution in [0.4, 0.5) is 0 Å². The summed E-state index contributed by atoms with van der Waals surface area (Å²) in [5, 5.41) is 66.8. The molecule has 0 radical (unpaired) electrons. The predicted molar refractivity (Wildman–Crippen MR) is 408 cm³/mol. The van der Waals surface area contributed by atoms with Gasteiger partial charge in [-0.05, 0) is 249 Å². The zero-order chi connectivity index (χ0) is 76.9. The normalized spacial score (nSPS) is 26.8. The Labute approximate surface area is 621 Å². The Hall–Kier alpha value is -11.0. The molecular formula is C90H96N14. The van der Waals surface area contributed by atoms with Gasteiger partial charge in [0.2, 0.25) is 0 Å². The smallest absolute Gasteiger partial charge is 0.227 e. The largest absolute Gasteiger partial charge is 0.270 e. The first-order valence-electron chi connectivity index (χ1n) is 36.9. The molecule has 0 bridgehead atoms. The Morgan fingerprint density at radius 1 is 0.365 bits per heavy atom. The molecule has 14 nitrogen and oxygen atoms in total. The topological polar surface area (TPSA) is 197 Å². The molecule has 6 saturated carbocycles. The second-order valence-corrected chi connectivity index (χ2v) is 32.1. The van der Waals surface area contributed by atoms with E-state index in [0.717, 1.165) is 118 Å². The van der Waals surface area contributed by atoms with Gasteiger partial charge in [0.1, 0.15) is 0 Å². The minimum Gasteiger partial charge on any atom is -0.227 e. The third-order valence-electron chi connectivity index (χ3n) is 24.2. The quantitative estimate of drug-likeness (QED) is 0.158. The first-order valence-corrected chi connectivity index (χ1v) is 36.9. The maximum absolute atomic E-state index is 9.70. The van der Waals surface area contributed by atoms with Crippen molar-refractivity contribution in [1.82, 2.24) is 0 Å². The second kappa shape index (κ2) is 35.2. The Balaban J connectivity index is 0.000000195. The van der Waals surface area contributed by atoms with Gasteiger partial charge in [0.15, 0.2) is 0 Å². The lowest BCUT2D eigenvalue weighted by Gasteiger charge is -2.41. The van der Waals surface area contributed by atoms with Crippen LogP contribution in [-0.2, 0) is 0 Å².